The first-order chi connectivity index (χ1) is 14.6. The average molecular weight is 400 g/mol. The number of para-hydroxylation sites is 1. The van der Waals surface area contributed by atoms with E-state index >= 15 is 0 Å². The lowest BCUT2D eigenvalue weighted by molar-refractivity contribution is 0.0987. The Kier molecular flexibility index (Phi) is 5.66. The highest BCUT2D eigenvalue weighted by atomic mass is 19.1. The third-order valence-electron chi connectivity index (χ3n) is 4.90. The summed E-state index contributed by atoms with van der Waals surface area (Å²) in [6, 6.07) is 23.3. The molecule has 1 amide bonds. The summed E-state index contributed by atoms with van der Waals surface area (Å²) in [5.74, 6) is -0.456. The van der Waals surface area contributed by atoms with Crippen LogP contribution in [0.4, 0.5) is 10.1 Å². The summed E-state index contributed by atoms with van der Waals surface area (Å²) in [7, 11) is 1.73. The fourth-order valence-corrected chi connectivity index (χ4v) is 3.24. The fourth-order valence-electron chi connectivity index (χ4n) is 3.24. The summed E-state index contributed by atoms with van der Waals surface area (Å²) in [5.41, 5.74) is 3.64. The van der Waals surface area contributed by atoms with E-state index in [9.17, 15) is 9.18 Å². The lowest BCUT2D eigenvalue weighted by Gasteiger charge is -2.15. The van der Waals surface area contributed by atoms with Gasteiger partial charge in [0.05, 0.1) is 11.4 Å². The predicted octanol–water partition coefficient (Wildman–Crippen LogP) is 4.60. The van der Waals surface area contributed by atoms with E-state index in [2.05, 4.69) is 10.1 Å². The Morgan fingerprint density at radius 3 is 2.43 bits per heavy atom. The van der Waals surface area contributed by atoms with Gasteiger partial charge in [-0.15, -0.1) is 0 Å². The van der Waals surface area contributed by atoms with Crippen molar-refractivity contribution in [2.45, 2.75) is 13.0 Å². The van der Waals surface area contributed by atoms with Crippen LogP contribution >= 0.6 is 0 Å². The summed E-state index contributed by atoms with van der Waals surface area (Å²) in [5, 5.41) is 4.58. The van der Waals surface area contributed by atoms with Gasteiger partial charge in [0.15, 0.2) is 5.69 Å². The van der Waals surface area contributed by atoms with E-state index < -0.39 is 0 Å². The number of carbonyl (C=O) groups excluding carboxylic acids is 1. The van der Waals surface area contributed by atoms with Crippen LogP contribution < -0.4 is 4.90 Å². The summed E-state index contributed by atoms with van der Waals surface area (Å²) < 4.78 is 15.0. The van der Waals surface area contributed by atoms with Crippen molar-refractivity contribution in [1.29, 1.82) is 0 Å². The number of hydrogen-bond donors (Lipinski definition) is 0. The highest BCUT2D eigenvalue weighted by molar-refractivity contribution is 6.04. The van der Waals surface area contributed by atoms with Crippen molar-refractivity contribution in [1.82, 2.24) is 14.8 Å². The average Bonchev–Trinajstić information content (AvgIpc) is 3.23. The fraction of sp³-hybridized carbons (Fsp3) is 0.125. The highest BCUT2D eigenvalue weighted by Crippen LogP contribution is 2.21. The molecule has 0 bridgehead atoms. The topological polar surface area (TPSA) is 51.0 Å². The Hall–Kier alpha value is -3.80. The van der Waals surface area contributed by atoms with E-state index in [-0.39, 0.29) is 11.7 Å². The minimum Gasteiger partial charge on any atom is -0.310 e. The van der Waals surface area contributed by atoms with Crippen LogP contribution in [0.25, 0.3) is 11.4 Å². The van der Waals surface area contributed by atoms with E-state index in [1.165, 1.54) is 12.1 Å². The number of aryl methyl sites for hydroxylation is 2. The molecule has 0 spiro atoms. The Labute approximate surface area is 174 Å². The van der Waals surface area contributed by atoms with Gasteiger partial charge in [0.1, 0.15) is 5.82 Å². The lowest BCUT2D eigenvalue weighted by atomic mass is 10.1. The maximum atomic E-state index is 13.2. The Morgan fingerprint density at radius 1 is 1.00 bits per heavy atom. The van der Waals surface area contributed by atoms with Crippen LogP contribution in [0.1, 0.15) is 16.1 Å². The van der Waals surface area contributed by atoms with Gasteiger partial charge in [0, 0.05) is 25.5 Å². The minimum atomic E-state index is -0.260. The molecule has 4 aromatic rings. The van der Waals surface area contributed by atoms with E-state index in [0.717, 1.165) is 22.6 Å². The number of carbonyl (C=O) groups is 1. The monoisotopic (exact) mass is 400 g/mol. The molecule has 0 saturated heterocycles. The van der Waals surface area contributed by atoms with Gasteiger partial charge in [-0.25, -0.2) is 4.39 Å². The van der Waals surface area contributed by atoms with Crippen molar-refractivity contribution in [3.63, 3.8) is 0 Å². The molecule has 0 aliphatic carbocycles. The standard InChI is InChI=1S/C24H21FN4O/c1-28(20-7-3-2-4-8-20)24(30)22-17-23(21-9-5-6-15-26-21)29(27-22)16-14-18-10-12-19(25)13-11-18/h2-13,15,17H,14,16H2,1H3. The Balaban J connectivity index is 1.63. The molecule has 0 radical (unpaired) electrons. The number of pyridine rings is 1. The quantitative estimate of drug-likeness (QED) is 0.475. The molecule has 0 unspecified atom stereocenters. The number of amides is 1. The molecule has 0 saturated carbocycles. The van der Waals surface area contributed by atoms with Crippen molar-refractivity contribution in [3.8, 4) is 11.4 Å². The first-order valence-corrected chi connectivity index (χ1v) is 9.68. The van der Waals surface area contributed by atoms with Gasteiger partial charge < -0.3 is 4.90 Å². The van der Waals surface area contributed by atoms with Crippen molar-refractivity contribution in [2.24, 2.45) is 0 Å². The van der Waals surface area contributed by atoms with Crippen molar-refractivity contribution < 1.29 is 9.18 Å². The van der Waals surface area contributed by atoms with Crippen molar-refractivity contribution in [3.05, 3.63) is 102 Å². The van der Waals surface area contributed by atoms with Gasteiger partial charge in [-0.3, -0.25) is 14.5 Å². The number of aromatic nitrogens is 3. The largest absolute Gasteiger partial charge is 0.310 e. The normalized spacial score (nSPS) is 10.7. The van der Waals surface area contributed by atoms with Crippen LogP contribution in [-0.4, -0.2) is 27.7 Å². The zero-order chi connectivity index (χ0) is 20.9. The third kappa shape index (κ3) is 4.27. The van der Waals surface area contributed by atoms with E-state index in [4.69, 9.17) is 0 Å². The summed E-state index contributed by atoms with van der Waals surface area (Å²) >= 11 is 0. The molecular formula is C24H21FN4O. The molecule has 4 rings (SSSR count). The van der Waals surface area contributed by atoms with Crippen LogP contribution in [-0.2, 0) is 13.0 Å². The zero-order valence-electron chi connectivity index (χ0n) is 16.6. The Bertz CT molecular complexity index is 1130. The number of nitrogens with zero attached hydrogens (tertiary/aromatic N) is 4. The first-order valence-electron chi connectivity index (χ1n) is 9.68. The van der Waals surface area contributed by atoms with Crippen LogP contribution in [0.3, 0.4) is 0 Å². The Morgan fingerprint density at radius 2 is 1.73 bits per heavy atom. The zero-order valence-corrected chi connectivity index (χ0v) is 16.6. The van der Waals surface area contributed by atoms with E-state index in [1.807, 2.05) is 48.5 Å². The highest BCUT2D eigenvalue weighted by Gasteiger charge is 2.20. The summed E-state index contributed by atoms with van der Waals surface area (Å²) in [6.07, 6.45) is 2.37. The van der Waals surface area contributed by atoms with Crippen molar-refractivity contribution in [2.75, 3.05) is 11.9 Å². The molecule has 30 heavy (non-hydrogen) atoms. The van der Waals surface area contributed by atoms with Crippen molar-refractivity contribution >= 4 is 11.6 Å². The van der Waals surface area contributed by atoms with E-state index in [1.54, 1.807) is 41.0 Å². The van der Waals surface area contributed by atoms with Crippen LogP contribution in [0.15, 0.2) is 85.1 Å². The number of halogens is 1. The molecule has 0 N–H and O–H groups in total. The lowest BCUT2D eigenvalue weighted by Crippen LogP contribution is -2.26. The molecule has 0 fully saturated rings. The van der Waals surface area contributed by atoms with Gasteiger partial charge in [-0.1, -0.05) is 36.4 Å². The number of benzene rings is 2. The molecule has 2 aromatic carbocycles. The molecule has 0 aliphatic rings. The first kappa shape index (κ1) is 19.5. The van der Waals surface area contributed by atoms with E-state index in [0.29, 0.717) is 18.7 Å². The second-order valence-electron chi connectivity index (χ2n) is 6.93. The molecule has 6 heteroatoms. The van der Waals surface area contributed by atoms with Gasteiger partial charge in [0.25, 0.3) is 5.91 Å². The van der Waals surface area contributed by atoms with Crippen LogP contribution in [0.5, 0.6) is 0 Å². The molecule has 0 aliphatic heterocycles. The molecule has 2 aromatic heterocycles. The number of hydrogen-bond acceptors (Lipinski definition) is 3. The molecule has 0 atom stereocenters. The SMILES string of the molecule is CN(C(=O)c1cc(-c2ccccn2)n(CCc2ccc(F)cc2)n1)c1ccccc1. The number of anilines is 1. The molecular weight excluding hydrogens is 379 g/mol. The van der Waals surface area contributed by atoms with Gasteiger partial charge in [-0.2, -0.15) is 5.10 Å². The van der Waals surface area contributed by atoms with Gasteiger partial charge in [-0.05, 0) is 54.4 Å². The second-order valence-corrected chi connectivity index (χ2v) is 6.93. The third-order valence-corrected chi connectivity index (χ3v) is 4.90. The maximum absolute atomic E-state index is 13.2. The van der Waals surface area contributed by atoms with Crippen LogP contribution in [0, 0.1) is 5.82 Å². The maximum Gasteiger partial charge on any atom is 0.278 e. The number of rotatable bonds is 6. The molecule has 5 nitrogen and oxygen atoms in total. The van der Waals surface area contributed by atoms with Gasteiger partial charge in [0.2, 0.25) is 0 Å². The van der Waals surface area contributed by atoms with Gasteiger partial charge >= 0.3 is 0 Å². The smallest absolute Gasteiger partial charge is 0.278 e. The molecule has 150 valence electrons. The minimum absolute atomic E-state index is 0.195. The van der Waals surface area contributed by atoms with Crippen LogP contribution in [0.2, 0.25) is 0 Å². The summed E-state index contributed by atoms with van der Waals surface area (Å²) in [6.45, 7) is 0.542. The summed E-state index contributed by atoms with van der Waals surface area (Å²) in [4.78, 5) is 19.0. The second kappa shape index (κ2) is 8.69. The predicted molar refractivity (Wildman–Crippen MR) is 115 cm³/mol. The molecule has 2 heterocycles.